The van der Waals surface area contributed by atoms with E-state index in [-0.39, 0.29) is 6.03 Å². The van der Waals surface area contributed by atoms with Crippen LogP contribution in [0, 0.1) is 0 Å². The van der Waals surface area contributed by atoms with E-state index < -0.39 is 0 Å². The second kappa shape index (κ2) is 7.29. The highest BCUT2D eigenvalue weighted by atomic mass is 79.9. The third-order valence-electron chi connectivity index (χ3n) is 4.40. The van der Waals surface area contributed by atoms with Crippen LogP contribution in [-0.2, 0) is 0 Å². The van der Waals surface area contributed by atoms with Crippen molar-refractivity contribution in [2.24, 2.45) is 0 Å². The Morgan fingerprint density at radius 2 is 1.96 bits per heavy atom. The Hall–Kier alpha value is -2.67. The molecule has 26 heavy (non-hydrogen) atoms. The molecule has 0 unspecified atom stereocenters. The van der Waals surface area contributed by atoms with Crippen molar-refractivity contribution < 1.29 is 9.32 Å². The Labute approximate surface area is 159 Å². The van der Waals surface area contributed by atoms with Crippen LogP contribution in [0.1, 0.15) is 31.1 Å². The van der Waals surface area contributed by atoms with Crippen molar-refractivity contribution in [3.63, 3.8) is 0 Å². The summed E-state index contributed by atoms with van der Waals surface area (Å²) in [6, 6.07) is 14.5. The zero-order valence-corrected chi connectivity index (χ0v) is 15.5. The molecule has 1 fully saturated rings. The average molecular weight is 413 g/mol. The minimum Gasteiger partial charge on any atom is -0.339 e. The number of hydrogen-bond donors (Lipinski definition) is 2. The van der Waals surface area contributed by atoms with Crippen LogP contribution in [-0.4, -0.2) is 16.2 Å². The Morgan fingerprint density at radius 3 is 2.73 bits per heavy atom. The van der Waals surface area contributed by atoms with Gasteiger partial charge in [0.05, 0.1) is 5.69 Å². The number of halogens is 1. The highest BCUT2D eigenvalue weighted by molar-refractivity contribution is 9.10. The van der Waals surface area contributed by atoms with Crippen LogP contribution >= 0.6 is 15.9 Å². The van der Waals surface area contributed by atoms with E-state index in [1.54, 1.807) is 0 Å². The summed E-state index contributed by atoms with van der Waals surface area (Å²) >= 11 is 3.41. The molecule has 1 saturated carbocycles. The van der Waals surface area contributed by atoms with Gasteiger partial charge < -0.3 is 15.2 Å². The first-order chi connectivity index (χ1) is 12.7. The number of carbonyl (C=O) groups is 1. The molecule has 0 spiro atoms. The second-order valence-electron chi connectivity index (χ2n) is 6.22. The minimum absolute atomic E-state index is 0.322. The van der Waals surface area contributed by atoms with Gasteiger partial charge in [-0.25, -0.2) is 4.79 Å². The Bertz CT molecular complexity index is 937. The quantitative estimate of drug-likeness (QED) is 0.599. The van der Waals surface area contributed by atoms with Gasteiger partial charge in [0, 0.05) is 21.6 Å². The van der Waals surface area contributed by atoms with E-state index in [0.29, 0.717) is 29.0 Å². The van der Waals surface area contributed by atoms with Gasteiger partial charge >= 0.3 is 6.03 Å². The van der Waals surface area contributed by atoms with Crippen LogP contribution < -0.4 is 10.6 Å². The molecule has 1 aliphatic rings. The van der Waals surface area contributed by atoms with Crippen LogP contribution in [0.3, 0.4) is 0 Å². The molecule has 0 bridgehead atoms. The van der Waals surface area contributed by atoms with E-state index >= 15 is 0 Å². The summed E-state index contributed by atoms with van der Waals surface area (Å²) in [5.41, 5.74) is 2.16. The molecule has 1 aromatic heterocycles. The number of hydrogen-bond acceptors (Lipinski definition) is 4. The lowest BCUT2D eigenvalue weighted by atomic mass is 9.85. The average Bonchev–Trinajstić information content (AvgIpc) is 3.05. The number of urea groups is 1. The number of amides is 2. The summed E-state index contributed by atoms with van der Waals surface area (Å²) in [7, 11) is 0. The molecule has 132 valence electrons. The predicted molar refractivity (Wildman–Crippen MR) is 103 cm³/mol. The summed E-state index contributed by atoms with van der Waals surface area (Å²) in [5, 5.41) is 9.70. The SMILES string of the molecule is O=C(Nc1cccc(-c2noc(C3CCC3)n2)c1)Nc1ccccc1Br. The summed E-state index contributed by atoms with van der Waals surface area (Å²) in [6.07, 6.45) is 3.44. The monoisotopic (exact) mass is 412 g/mol. The Kier molecular flexibility index (Phi) is 4.71. The molecule has 1 heterocycles. The van der Waals surface area contributed by atoms with Crippen molar-refractivity contribution in [2.45, 2.75) is 25.2 Å². The normalized spacial score (nSPS) is 13.9. The van der Waals surface area contributed by atoms with E-state index in [1.165, 1.54) is 6.42 Å². The van der Waals surface area contributed by atoms with Crippen molar-refractivity contribution in [1.82, 2.24) is 10.1 Å². The molecule has 2 amide bonds. The predicted octanol–water partition coefficient (Wildman–Crippen LogP) is 5.41. The molecular weight excluding hydrogens is 396 g/mol. The maximum Gasteiger partial charge on any atom is 0.323 e. The van der Waals surface area contributed by atoms with E-state index in [4.69, 9.17) is 4.52 Å². The van der Waals surface area contributed by atoms with Crippen LogP contribution in [0.2, 0.25) is 0 Å². The molecule has 0 aliphatic heterocycles. The summed E-state index contributed by atoms with van der Waals surface area (Å²) in [5.74, 6) is 1.64. The van der Waals surface area contributed by atoms with Gasteiger partial charge in [-0.05, 0) is 53.0 Å². The maximum atomic E-state index is 12.2. The Balaban J connectivity index is 1.46. The minimum atomic E-state index is -0.322. The van der Waals surface area contributed by atoms with Crippen molar-refractivity contribution in [3.05, 3.63) is 58.9 Å². The maximum absolute atomic E-state index is 12.2. The molecule has 7 heteroatoms. The fraction of sp³-hybridized carbons (Fsp3) is 0.211. The van der Waals surface area contributed by atoms with Gasteiger partial charge in [-0.15, -0.1) is 0 Å². The number of aromatic nitrogens is 2. The summed E-state index contributed by atoms with van der Waals surface area (Å²) in [4.78, 5) is 16.7. The van der Waals surface area contributed by atoms with E-state index in [9.17, 15) is 4.79 Å². The number of anilines is 2. The van der Waals surface area contributed by atoms with Gasteiger partial charge in [-0.3, -0.25) is 0 Å². The van der Waals surface area contributed by atoms with E-state index in [1.807, 2.05) is 48.5 Å². The topological polar surface area (TPSA) is 80.1 Å². The fourth-order valence-corrected chi connectivity index (χ4v) is 3.14. The summed E-state index contributed by atoms with van der Waals surface area (Å²) in [6.45, 7) is 0. The van der Waals surface area contributed by atoms with Gasteiger partial charge in [0.1, 0.15) is 0 Å². The largest absolute Gasteiger partial charge is 0.339 e. The van der Waals surface area contributed by atoms with Crippen molar-refractivity contribution in [3.8, 4) is 11.4 Å². The lowest BCUT2D eigenvalue weighted by Crippen LogP contribution is -2.19. The van der Waals surface area contributed by atoms with Crippen LogP contribution in [0.4, 0.5) is 16.2 Å². The lowest BCUT2D eigenvalue weighted by Gasteiger charge is -2.20. The third kappa shape index (κ3) is 3.62. The van der Waals surface area contributed by atoms with Crippen molar-refractivity contribution >= 4 is 33.3 Å². The molecule has 4 rings (SSSR count). The smallest absolute Gasteiger partial charge is 0.323 e. The molecule has 3 aromatic rings. The third-order valence-corrected chi connectivity index (χ3v) is 5.09. The highest BCUT2D eigenvalue weighted by Crippen LogP contribution is 2.36. The molecular formula is C19H17BrN4O2. The fourth-order valence-electron chi connectivity index (χ4n) is 2.76. The molecule has 1 aliphatic carbocycles. The number of benzene rings is 2. The van der Waals surface area contributed by atoms with Crippen LogP contribution in [0.5, 0.6) is 0 Å². The van der Waals surface area contributed by atoms with Crippen LogP contribution in [0.25, 0.3) is 11.4 Å². The molecule has 2 N–H and O–H groups in total. The molecule has 0 atom stereocenters. The lowest BCUT2D eigenvalue weighted by molar-refractivity contribution is 0.262. The molecule has 6 nitrogen and oxygen atoms in total. The zero-order valence-electron chi connectivity index (χ0n) is 13.9. The molecule has 2 aromatic carbocycles. The number of para-hydroxylation sites is 1. The zero-order chi connectivity index (χ0) is 17.9. The Morgan fingerprint density at radius 1 is 1.12 bits per heavy atom. The number of rotatable bonds is 4. The van der Waals surface area contributed by atoms with Crippen molar-refractivity contribution in [2.75, 3.05) is 10.6 Å². The second-order valence-corrected chi connectivity index (χ2v) is 7.08. The molecule has 0 radical (unpaired) electrons. The molecule has 0 saturated heterocycles. The van der Waals surface area contributed by atoms with Crippen LogP contribution in [0.15, 0.2) is 57.5 Å². The van der Waals surface area contributed by atoms with Gasteiger partial charge in [-0.1, -0.05) is 35.8 Å². The van der Waals surface area contributed by atoms with E-state index in [0.717, 1.165) is 22.9 Å². The van der Waals surface area contributed by atoms with Gasteiger partial charge in [0.15, 0.2) is 0 Å². The highest BCUT2D eigenvalue weighted by Gasteiger charge is 2.25. The van der Waals surface area contributed by atoms with Gasteiger partial charge in [0.25, 0.3) is 0 Å². The van der Waals surface area contributed by atoms with Crippen molar-refractivity contribution in [1.29, 1.82) is 0 Å². The van der Waals surface area contributed by atoms with E-state index in [2.05, 4.69) is 36.7 Å². The first-order valence-corrected chi connectivity index (χ1v) is 9.25. The first kappa shape index (κ1) is 16.8. The van der Waals surface area contributed by atoms with Gasteiger partial charge in [-0.2, -0.15) is 4.98 Å². The van der Waals surface area contributed by atoms with Gasteiger partial charge in [0.2, 0.25) is 11.7 Å². The summed E-state index contributed by atoms with van der Waals surface area (Å²) < 4.78 is 6.19. The number of carbonyl (C=O) groups excluding carboxylic acids is 1. The standard InChI is InChI=1S/C19H17BrN4O2/c20-15-9-1-2-10-16(15)22-19(25)21-14-8-4-7-13(11-14)17-23-18(26-24-17)12-5-3-6-12/h1-2,4,7-12H,3,5-6H2,(H2,21,22,25). The first-order valence-electron chi connectivity index (χ1n) is 8.45. The number of nitrogens with zero attached hydrogens (tertiary/aromatic N) is 2. The number of nitrogens with one attached hydrogen (secondary N) is 2.